The normalized spacial score (nSPS) is 16.2. The largest absolute Gasteiger partial charge is 0.466 e. The Balaban J connectivity index is 1.59. The first-order valence-corrected chi connectivity index (χ1v) is 8.76. The number of nitrogens with zero attached hydrogens (tertiary/aromatic N) is 3. The van der Waals surface area contributed by atoms with Crippen molar-refractivity contribution in [3.63, 3.8) is 0 Å². The van der Waals surface area contributed by atoms with E-state index in [0.717, 1.165) is 41.8 Å². The van der Waals surface area contributed by atoms with Crippen molar-refractivity contribution in [1.29, 1.82) is 0 Å². The number of furan rings is 1. The fourth-order valence-electron chi connectivity index (χ4n) is 3.42. The zero-order valence-corrected chi connectivity index (χ0v) is 14.8. The molecule has 0 aromatic carbocycles. The smallest absolute Gasteiger partial charge is 0.255 e. The minimum atomic E-state index is -0.117. The third kappa shape index (κ3) is 3.10. The lowest BCUT2D eigenvalue weighted by Gasteiger charge is -2.25. The Bertz CT molecular complexity index is 950. The van der Waals surface area contributed by atoms with Crippen LogP contribution in [0.2, 0.25) is 0 Å². The molecule has 0 spiro atoms. The molecule has 1 aliphatic rings. The lowest BCUT2D eigenvalue weighted by Crippen LogP contribution is -2.31. The highest BCUT2D eigenvalue weighted by Gasteiger charge is 2.25. The summed E-state index contributed by atoms with van der Waals surface area (Å²) in [6, 6.07) is 5.51. The van der Waals surface area contributed by atoms with Crippen molar-refractivity contribution < 1.29 is 9.21 Å². The number of hydrogen-bond donors (Lipinski definition) is 1. The number of aromatic nitrogens is 3. The van der Waals surface area contributed by atoms with Crippen LogP contribution >= 0.6 is 0 Å². The third-order valence-electron chi connectivity index (χ3n) is 4.69. The van der Waals surface area contributed by atoms with Crippen molar-refractivity contribution in [3.05, 3.63) is 65.1 Å². The van der Waals surface area contributed by atoms with Gasteiger partial charge >= 0.3 is 0 Å². The summed E-state index contributed by atoms with van der Waals surface area (Å²) in [6.07, 6.45) is 8.07. The molecular formula is C20H20N4O2. The highest BCUT2D eigenvalue weighted by atomic mass is 16.3. The van der Waals surface area contributed by atoms with Gasteiger partial charge in [0, 0.05) is 35.4 Å². The third-order valence-corrected chi connectivity index (χ3v) is 4.69. The molecule has 3 aromatic rings. The Morgan fingerprint density at radius 3 is 2.92 bits per heavy atom. The molecule has 1 unspecified atom stereocenters. The maximum atomic E-state index is 12.6. The Labute approximate surface area is 151 Å². The van der Waals surface area contributed by atoms with Crippen LogP contribution in [0.4, 0.5) is 0 Å². The van der Waals surface area contributed by atoms with Gasteiger partial charge in [0.2, 0.25) is 0 Å². The zero-order chi connectivity index (χ0) is 18.1. The van der Waals surface area contributed by atoms with Crippen LogP contribution in [-0.2, 0) is 6.42 Å². The van der Waals surface area contributed by atoms with Gasteiger partial charge < -0.3 is 9.73 Å². The fraction of sp³-hybridized carbons (Fsp3) is 0.300. The SMILES string of the molecule is Cc1cc(C(=O)NC2CCCc3nc(-c4cccnc4)ncc32)c(C)o1. The van der Waals surface area contributed by atoms with E-state index in [0.29, 0.717) is 17.1 Å². The van der Waals surface area contributed by atoms with E-state index in [1.54, 1.807) is 25.4 Å². The van der Waals surface area contributed by atoms with Gasteiger partial charge in [0.25, 0.3) is 5.91 Å². The summed E-state index contributed by atoms with van der Waals surface area (Å²) in [5.74, 6) is 1.93. The van der Waals surface area contributed by atoms with Crippen LogP contribution in [0.25, 0.3) is 11.4 Å². The Kier molecular flexibility index (Phi) is 4.24. The van der Waals surface area contributed by atoms with Crippen LogP contribution in [0.3, 0.4) is 0 Å². The Hall–Kier alpha value is -3.02. The van der Waals surface area contributed by atoms with Gasteiger partial charge in [-0.3, -0.25) is 9.78 Å². The van der Waals surface area contributed by atoms with E-state index in [1.165, 1.54) is 0 Å². The van der Waals surface area contributed by atoms with Crippen LogP contribution in [-0.4, -0.2) is 20.9 Å². The molecule has 26 heavy (non-hydrogen) atoms. The predicted molar refractivity (Wildman–Crippen MR) is 96.6 cm³/mol. The fourth-order valence-corrected chi connectivity index (χ4v) is 3.42. The van der Waals surface area contributed by atoms with Crippen LogP contribution in [0.15, 0.2) is 41.2 Å². The van der Waals surface area contributed by atoms with Crippen molar-refractivity contribution in [3.8, 4) is 11.4 Å². The van der Waals surface area contributed by atoms with Crippen molar-refractivity contribution in [1.82, 2.24) is 20.3 Å². The van der Waals surface area contributed by atoms with Gasteiger partial charge in [0.15, 0.2) is 5.82 Å². The van der Waals surface area contributed by atoms with Crippen molar-refractivity contribution in [2.24, 2.45) is 0 Å². The van der Waals surface area contributed by atoms with Gasteiger partial charge in [0.05, 0.1) is 11.6 Å². The lowest BCUT2D eigenvalue weighted by atomic mass is 9.92. The number of hydrogen-bond acceptors (Lipinski definition) is 5. The van der Waals surface area contributed by atoms with E-state index in [1.807, 2.05) is 25.3 Å². The molecule has 1 atom stereocenters. The average molecular weight is 348 g/mol. The van der Waals surface area contributed by atoms with E-state index < -0.39 is 0 Å². The molecule has 0 saturated carbocycles. The quantitative estimate of drug-likeness (QED) is 0.783. The van der Waals surface area contributed by atoms with Crippen molar-refractivity contribution in [2.45, 2.75) is 39.2 Å². The number of carbonyl (C=O) groups excluding carboxylic acids is 1. The lowest BCUT2D eigenvalue weighted by molar-refractivity contribution is 0.0931. The van der Waals surface area contributed by atoms with E-state index in [4.69, 9.17) is 9.40 Å². The summed E-state index contributed by atoms with van der Waals surface area (Å²) in [5.41, 5.74) is 3.47. The van der Waals surface area contributed by atoms with Gasteiger partial charge in [-0.2, -0.15) is 0 Å². The molecule has 132 valence electrons. The summed E-state index contributed by atoms with van der Waals surface area (Å²) in [7, 11) is 0. The number of fused-ring (bicyclic) bond motifs is 1. The van der Waals surface area contributed by atoms with Crippen LogP contribution < -0.4 is 5.32 Å². The number of nitrogens with one attached hydrogen (secondary N) is 1. The second-order valence-electron chi connectivity index (χ2n) is 6.58. The van der Waals surface area contributed by atoms with Gasteiger partial charge in [-0.1, -0.05) is 0 Å². The zero-order valence-electron chi connectivity index (χ0n) is 14.8. The van der Waals surface area contributed by atoms with Crippen LogP contribution in [0.1, 0.15) is 52.0 Å². The van der Waals surface area contributed by atoms with E-state index in [2.05, 4.69) is 15.3 Å². The molecule has 0 saturated heterocycles. The van der Waals surface area contributed by atoms with E-state index in [9.17, 15) is 4.79 Å². The number of aryl methyl sites for hydroxylation is 3. The minimum Gasteiger partial charge on any atom is -0.466 e. The molecule has 0 aliphatic heterocycles. The van der Waals surface area contributed by atoms with Crippen molar-refractivity contribution in [2.75, 3.05) is 0 Å². The summed E-state index contributed by atoms with van der Waals surface area (Å²) >= 11 is 0. The summed E-state index contributed by atoms with van der Waals surface area (Å²) < 4.78 is 5.47. The monoisotopic (exact) mass is 348 g/mol. The molecule has 0 bridgehead atoms. The highest BCUT2D eigenvalue weighted by Crippen LogP contribution is 2.30. The standard InChI is InChI=1S/C20H20N4O2/c1-12-9-15(13(2)26-12)20(25)24-18-7-3-6-17-16(18)11-22-19(23-17)14-5-4-8-21-10-14/h4-5,8-11,18H,3,6-7H2,1-2H3,(H,24,25). The molecule has 3 heterocycles. The van der Waals surface area contributed by atoms with E-state index in [-0.39, 0.29) is 11.9 Å². The molecule has 6 heteroatoms. The number of pyridine rings is 1. The topological polar surface area (TPSA) is 80.9 Å². The molecule has 0 radical (unpaired) electrons. The Morgan fingerprint density at radius 2 is 2.19 bits per heavy atom. The second kappa shape index (κ2) is 6.71. The summed E-state index contributed by atoms with van der Waals surface area (Å²) in [5, 5.41) is 3.11. The van der Waals surface area contributed by atoms with Gasteiger partial charge in [0.1, 0.15) is 11.5 Å². The van der Waals surface area contributed by atoms with Gasteiger partial charge in [-0.05, 0) is 51.3 Å². The average Bonchev–Trinajstić information content (AvgIpc) is 3.00. The molecule has 3 aromatic heterocycles. The first kappa shape index (κ1) is 16.4. The first-order valence-electron chi connectivity index (χ1n) is 8.76. The molecule has 1 N–H and O–H groups in total. The maximum Gasteiger partial charge on any atom is 0.255 e. The second-order valence-corrected chi connectivity index (χ2v) is 6.58. The molecule has 1 amide bonds. The number of amides is 1. The van der Waals surface area contributed by atoms with E-state index >= 15 is 0 Å². The van der Waals surface area contributed by atoms with Crippen LogP contribution in [0, 0.1) is 13.8 Å². The molecule has 6 nitrogen and oxygen atoms in total. The minimum absolute atomic E-state index is 0.0798. The number of rotatable bonds is 3. The maximum absolute atomic E-state index is 12.6. The molecular weight excluding hydrogens is 328 g/mol. The van der Waals surface area contributed by atoms with Gasteiger partial charge in [-0.15, -0.1) is 0 Å². The number of carbonyl (C=O) groups is 1. The molecule has 4 rings (SSSR count). The highest BCUT2D eigenvalue weighted by molar-refractivity contribution is 5.95. The summed E-state index contributed by atoms with van der Waals surface area (Å²) in [4.78, 5) is 26.0. The molecule has 0 fully saturated rings. The van der Waals surface area contributed by atoms with Crippen LogP contribution in [0.5, 0.6) is 0 Å². The molecule has 1 aliphatic carbocycles. The first-order chi connectivity index (χ1) is 12.6. The summed E-state index contributed by atoms with van der Waals surface area (Å²) in [6.45, 7) is 3.65. The van der Waals surface area contributed by atoms with Crippen molar-refractivity contribution >= 4 is 5.91 Å². The predicted octanol–water partition coefficient (Wildman–Crippen LogP) is 3.56. The Morgan fingerprint density at radius 1 is 1.31 bits per heavy atom. The van der Waals surface area contributed by atoms with Gasteiger partial charge in [-0.25, -0.2) is 9.97 Å².